The monoisotopic (exact) mass is 295 g/mol. The van der Waals surface area contributed by atoms with E-state index in [1.54, 1.807) is 0 Å². The summed E-state index contributed by atoms with van der Waals surface area (Å²) in [6.07, 6.45) is 2.46. The van der Waals surface area contributed by atoms with Crippen molar-refractivity contribution >= 4 is 11.3 Å². The normalized spacial score (nSPS) is 23.7. The lowest BCUT2D eigenvalue weighted by atomic mass is 10.00. The molecule has 0 amide bonds. The minimum Gasteiger partial charge on any atom is -0.309 e. The lowest BCUT2D eigenvalue weighted by molar-refractivity contribution is 0.178. The Bertz CT molecular complexity index is 404. The first-order chi connectivity index (χ1) is 9.61. The number of likely N-dealkylation sites (N-methyl/N-ethyl adjacent to an activating group) is 2. The fraction of sp³-hybridized carbons (Fsp3) is 0.750. The zero-order chi connectivity index (χ0) is 14.5. The SMILES string of the molecule is CCCNC(c1csc(C)c1)C1CN(C)CCCN1C. The molecule has 2 heterocycles. The second-order valence-corrected chi connectivity index (χ2v) is 7.20. The Hall–Kier alpha value is -0.420. The van der Waals surface area contributed by atoms with Crippen LogP contribution in [0, 0.1) is 6.92 Å². The number of thiophene rings is 1. The van der Waals surface area contributed by atoms with Gasteiger partial charge in [-0.2, -0.15) is 0 Å². The third-order valence-corrected chi connectivity index (χ3v) is 5.10. The molecule has 0 radical (unpaired) electrons. The molecule has 1 aliphatic heterocycles. The highest BCUT2D eigenvalue weighted by atomic mass is 32.1. The number of nitrogens with one attached hydrogen (secondary N) is 1. The van der Waals surface area contributed by atoms with Crippen LogP contribution in [-0.2, 0) is 0 Å². The topological polar surface area (TPSA) is 18.5 Å². The van der Waals surface area contributed by atoms with E-state index in [0.29, 0.717) is 12.1 Å². The van der Waals surface area contributed by atoms with Crippen molar-refractivity contribution in [2.75, 3.05) is 40.3 Å². The molecular weight excluding hydrogens is 266 g/mol. The van der Waals surface area contributed by atoms with Crippen LogP contribution < -0.4 is 5.32 Å². The molecule has 0 aliphatic carbocycles. The van der Waals surface area contributed by atoms with E-state index in [4.69, 9.17) is 0 Å². The molecule has 1 aromatic heterocycles. The lowest BCUT2D eigenvalue weighted by Crippen LogP contribution is -2.47. The molecule has 1 aliphatic rings. The number of nitrogens with zero attached hydrogens (tertiary/aromatic N) is 2. The molecule has 2 unspecified atom stereocenters. The average Bonchev–Trinajstić information content (AvgIpc) is 2.76. The largest absolute Gasteiger partial charge is 0.309 e. The summed E-state index contributed by atoms with van der Waals surface area (Å²) in [7, 11) is 4.53. The van der Waals surface area contributed by atoms with Crippen LogP contribution in [0.15, 0.2) is 11.4 Å². The zero-order valence-electron chi connectivity index (χ0n) is 13.4. The molecule has 3 nitrogen and oxygen atoms in total. The third kappa shape index (κ3) is 4.04. The first-order valence-electron chi connectivity index (χ1n) is 7.79. The number of hydrogen-bond acceptors (Lipinski definition) is 4. The minimum absolute atomic E-state index is 0.449. The summed E-state index contributed by atoms with van der Waals surface area (Å²) in [5.74, 6) is 0. The van der Waals surface area contributed by atoms with Crippen molar-refractivity contribution in [2.24, 2.45) is 0 Å². The Kier molecular flexibility index (Phi) is 6.02. The van der Waals surface area contributed by atoms with Gasteiger partial charge in [-0.1, -0.05) is 6.92 Å². The highest BCUT2D eigenvalue weighted by Crippen LogP contribution is 2.27. The Morgan fingerprint density at radius 2 is 2.20 bits per heavy atom. The zero-order valence-corrected chi connectivity index (χ0v) is 14.2. The summed E-state index contributed by atoms with van der Waals surface area (Å²) < 4.78 is 0. The van der Waals surface area contributed by atoms with Crippen molar-refractivity contribution in [1.82, 2.24) is 15.1 Å². The molecule has 20 heavy (non-hydrogen) atoms. The molecule has 2 atom stereocenters. The predicted octanol–water partition coefficient (Wildman–Crippen LogP) is 2.73. The van der Waals surface area contributed by atoms with E-state index in [1.807, 2.05) is 11.3 Å². The Morgan fingerprint density at radius 1 is 1.40 bits per heavy atom. The van der Waals surface area contributed by atoms with Crippen LogP contribution in [0.2, 0.25) is 0 Å². The maximum absolute atomic E-state index is 3.79. The molecule has 1 N–H and O–H groups in total. The predicted molar refractivity (Wildman–Crippen MR) is 88.6 cm³/mol. The van der Waals surface area contributed by atoms with Gasteiger partial charge in [-0.05, 0) is 70.5 Å². The van der Waals surface area contributed by atoms with Gasteiger partial charge in [0.15, 0.2) is 0 Å². The van der Waals surface area contributed by atoms with Crippen molar-refractivity contribution in [2.45, 2.75) is 38.8 Å². The van der Waals surface area contributed by atoms with E-state index in [2.05, 4.69) is 54.5 Å². The van der Waals surface area contributed by atoms with Crippen molar-refractivity contribution < 1.29 is 0 Å². The van der Waals surface area contributed by atoms with E-state index in [-0.39, 0.29) is 0 Å². The third-order valence-electron chi connectivity index (χ3n) is 4.22. The first-order valence-corrected chi connectivity index (χ1v) is 8.67. The van der Waals surface area contributed by atoms with Crippen LogP contribution in [-0.4, -0.2) is 56.1 Å². The molecule has 2 rings (SSSR count). The average molecular weight is 295 g/mol. The van der Waals surface area contributed by atoms with Crippen LogP contribution in [0.4, 0.5) is 0 Å². The smallest absolute Gasteiger partial charge is 0.0498 e. The molecule has 0 bridgehead atoms. The van der Waals surface area contributed by atoms with Gasteiger partial charge in [0.25, 0.3) is 0 Å². The second-order valence-electron chi connectivity index (χ2n) is 6.09. The Labute approximate surface area is 128 Å². The summed E-state index contributed by atoms with van der Waals surface area (Å²) in [6.45, 7) is 9.09. The van der Waals surface area contributed by atoms with E-state index in [0.717, 1.165) is 13.1 Å². The van der Waals surface area contributed by atoms with Gasteiger partial charge in [-0.3, -0.25) is 0 Å². The van der Waals surface area contributed by atoms with Gasteiger partial charge in [-0.25, -0.2) is 0 Å². The van der Waals surface area contributed by atoms with E-state index >= 15 is 0 Å². The summed E-state index contributed by atoms with van der Waals surface area (Å²) in [6, 6.07) is 3.37. The number of hydrogen-bond donors (Lipinski definition) is 1. The van der Waals surface area contributed by atoms with Gasteiger partial charge in [-0.15, -0.1) is 11.3 Å². The Balaban J connectivity index is 2.19. The quantitative estimate of drug-likeness (QED) is 0.901. The van der Waals surface area contributed by atoms with Crippen molar-refractivity contribution in [3.8, 4) is 0 Å². The highest BCUT2D eigenvalue weighted by Gasteiger charge is 2.29. The van der Waals surface area contributed by atoms with Gasteiger partial charge >= 0.3 is 0 Å². The van der Waals surface area contributed by atoms with Gasteiger partial charge < -0.3 is 15.1 Å². The summed E-state index contributed by atoms with van der Waals surface area (Å²) >= 11 is 1.87. The fourth-order valence-corrected chi connectivity index (χ4v) is 3.81. The van der Waals surface area contributed by atoms with E-state index in [9.17, 15) is 0 Å². The first kappa shape index (κ1) is 16.0. The van der Waals surface area contributed by atoms with Crippen LogP contribution in [0.25, 0.3) is 0 Å². The molecule has 1 aromatic rings. The molecule has 0 saturated carbocycles. The van der Waals surface area contributed by atoms with E-state index < -0.39 is 0 Å². The van der Waals surface area contributed by atoms with Crippen molar-refractivity contribution in [3.63, 3.8) is 0 Å². The second kappa shape index (κ2) is 7.55. The molecule has 0 spiro atoms. The van der Waals surface area contributed by atoms with E-state index in [1.165, 1.54) is 36.4 Å². The molecule has 1 fully saturated rings. The minimum atomic E-state index is 0.449. The van der Waals surface area contributed by atoms with Gasteiger partial charge in [0.2, 0.25) is 0 Å². The summed E-state index contributed by atoms with van der Waals surface area (Å²) in [4.78, 5) is 6.44. The van der Waals surface area contributed by atoms with Crippen molar-refractivity contribution in [1.29, 1.82) is 0 Å². The van der Waals surface area contributed by atoms with Crippen molar-refractivity contribution in [3.05, 3.63) is 21.9 Å². The summed E-state index contributed by atoms with van der Waals surface area (Å²) in [5.41, 5.74) is 1.47. The maximum atomic E-state index is 3.79. The molecule has 114 valence electrons. The standard InChI is InChI=1S/C16H29N3S/c1-5-7-17-16(14-10-13(2)20-12-14)15-11-18(3)8-6-9-19(15)4/h10,12,15-17H,5-9,11H2,1-4H3. The highest BCUT2D eigenvalue weighted by molar-refractivity contribution is 7.10. The van der Waals surface area contributed by atoms with Crippen LogP contribution in [0.1, 0.15) is 36.2 Å². The fourth-order valence-electron chi connectivity index (χ4n) is 3.07. The van der Waals surface area contributed by atoms with Crippen LogP contribution in [0.3, 0.4) is 0 Å². The van der Waals surface area contributed by atoms with Gasteiger partial charge in [0.1, 0.15) is 0 Å². The Morgan fingerprint density at radius 3 is 2.85 bits per heavy atom. The molecule has 4 heteroatoms. The van der Waals surface area contributed by atoms with Crippen LogP contribution >= 0.6 is 11.3 Å². The van der Waals surface area contributed by atoms with Crippen LogP contribution in [0.5, 0.6) is 0 Å². The number of aryl methyl sites for hydroxylation is 1. The lowest BCUT2D eigenvalue weighted by Gasteiger charge is -2.35. The molecular formula is C16H29N3S. The molecule has 0 aromatic carbocycles. The number of rotatable bonds is 5. The maximum Gasteiger partial charge on any atom is 0.0498 e. The van der Waals surface area contributed by atoms with Gasteiger partial charge in [0.05, 0.1) is 0 Å². The summed E-state index contributed by atoms with van der Waals surface area (Å²) in [5, 5.41) is 6.12. The molecule has 1 saturated heterocycles. The van der Waals surface area contributed by atoms with Gasteiger partial charge in [0, 0.05) is 23.5 Å².